The molecule has 10 heteroatoms. The number of hydrogen-bond donors (Lipinski definition) is 2. The third-order valence-electron chi connectivity index (χ3n) is 6.65. The van der Waals surface area contributed by atoms with E-state index in [0.717, 1.165) is 11.6 Å². The van der Waals surface area contributed by atoms with Crippen LogP contribution in [-0.4, -0.2) is 35.1 Å². The Morgan fingerprint density at radius 3 is 2.39 bits per heavy atom. The van der Waals surface area contributed by atoms with Gasteiger partial charge in [-0.15, -0.1) is 0 Å². The summed E-state index contributed by atoms with van der Waals surface area (Å²) in [6, 6.07) is 12.6. The fraction of sp³-hybridized carbons (Fsp3) is 0.161. The largest absolute Gasteiger partial charge is 0.496 e. The van der Waals surface area contributed by atoms with Crippen LogP contribution in [-0.2, 0) is 0 Å². The monoisotopic (exact) mass is 554 g/mol. The van der Waals surface area contributed by atoms with Gasteiger partial charge >= 0.3 is 0 Å². The number of rotatable bonds is 7. The van der Waals surface area contributed by atoms with E-state index in [4.69, 9.17) is 14.2 Å². The Kier molecular flexibility index (Phi) is 7.39. The van der Waals surface area contributed by atoms with Crippen LogP contribution in [0.1, 0.15) is 27.3 Å². The molecule has 5 rings (SSSR count). The molecular weight excluding hydrogens is 527 g/mol. The smallest absolute Gasteiger partial charge is 0.261 e. The maximum atomic E-state index is 15.1. The molecule has 0 bridgehead atoms. The molecule has 0 fully saturated rings. The number of hydrogen-bond acceptors (Lipinski definition) is 7. The SMILES string of the molecule is COc1cnc2c(Oc3ccc(NC(=O)c4c(C)[nH]c(C)c(-c5ccc(OC)c(C)c5)c4=O)cc3F)ccnc2c1. The van der Waals surface area contributed by atoms with Crippen LogP contribution in [0.2, 0.25) is 0 Å². The Labute approximate surface area is 235 Å². The molecule has 2 N–H and O–H groups in total. The molecule has 41 heavy (non-hydrogen) atoms. The van der Waals surface area contributed by atoms with Crippen LogP contribution >= 0.6 is 0 Å². The Hall–Kier alpha value is -5.25. The lowest BCUT2D eigenvalue weighted by Crippen LogP contribution is -2.26. The van der Waals surface area contributed by atoms with E-state index in [1.165, 1.54) is 31.6 Å². The van der Waals surface area contributed by atoms with Gasteiger partial charge in [0.25, 0.3) is 5.91 Å². The van der Waals surface area contributed by atoms with Gasteiger partial charge in [0.15, 0.2) is 17.3 Å². The number of nitrogens with one attached hydrogen (secondary N) is 2. The van der Waals surface area contributed by atoms with Gasteiger partial charge in [-0.25, -0.2) is 9.37 Å². The number of aromatic nitrogens is 3. The normalized spacial score (nSPS) is 10.9. The number of methoxy groups -OCH3 is 2. The second-order valence-electron chi connectivity index (χ2n) is 9.39. The minimum atomic E-state index is -0.717. The Bertz CT molecular complexity index is 1870. The first-order valence-electron chi connectivity index (χ1n) is 12.7. The number of amides is 1. The third-order valence-corrected chi connectivity index (χ3v) is 6.65. The van der Waals surface area contributed by atoms with Crippen LogP contribution in [0.5, 0.6) is 23.0 Å². The highest BCUT2D eigenvalue weighted by molar-refractivity contribution is 6.05. The summed E-state index contributed by atoms with van der Waals surface area (Å²) in [5, 5.41) is 2.63. The minimum Gasteiger partial charge on any atom is -0.496 e. The summed E-state index contributed by atoms with van der Waals surface area (Å²) in [5.41, 5.74) is 3.51. The summed E-state index contributed by atoms with van der Waals surface area (Å²) < 4.78 is 31.4. The molecule has 0 aliphatic heterocycles. The maximum Gasteiger partial charge on any atom is 0.261 e. The van der Waals surface area contributed by atoms with Gasteiger partial charge in [-0.2, -0.15) is 0 Å². The zero-order valence-corrected chi connectivity index (χ0v) is 23.1. The highest BCUT2D eigenvalue weighted by Crippen LogP contribution is 2.32. The number of halogens is 1. The molecule has 0 atom stereocenters. The number of carbonyl (C=O) groups is 1. The van der Waals surface area contributed by atoms with Crippen LogP contribution in [0.25, 0.3) is 22.2 Å². The second-order valence-corrected chi connectivity index (χ2v) is 9.39. The molecule has 3 aromatic heterocycles. The van der Waals surface area contributed by atoms with E-state index in [1.807, 2.05) is 13.0 Å². The van der Waals surface area contributed by atoms with Crippen molar-refractivity contribution in [1.82, 2.24) is 15.0 Å². The molecular formula is C31H27FN4O5. The summed E-state index contributed by atoms with van der Waals surface area (Å²) in [7, 11) is 3.10. The van der Waals surface area contributed by atoms with Crippen molar-refractivity contribution in [2.24, 2.45) is 0 Å². The van der Waals surface area contributed by atoms with Crippen molar-refractivity contribution in [2.45, 2.75) is 20.8 Å². The van der Waals surface area contributed by atoms with Crippen LogP contribution in [0, 0.1) is 26.6 Å². The highest BCUT2D eigenvalue weighted by Gasteiger charge is 2.21. The van der Waals surface area contributed by atoms with Crippen LogP contribution < -0.4 is 25.0 Å². The van der Waals surface area contributed by atoms with Crippen molar-refractivity contribution in [3.05, 3.63) is 99.5 Å². The van der Waals surface area contributed by atoms with E-state index >= 15 is 4.39 Å². The van der Waals surface area contributed by atoms with Gasteiger partial charge in [-0.1, -0.05) is 6.07 Å². The molecule has 208 valence electrons. The summed E-state index contributed by atoms with van der Waals surface area (Å²) >= 11 is 0. The van der Waals surface area contributed by atoms with Gasteiger partial charge in [0.05, 0.1) is 25.9 Å². The number of nitrogens with zero attached hydrogens (tertiary/aromatic N) is 2. The Morgan fingerprint density at radius 1 is 0.902 bits per heavy atom. The molecule has 0 radical (unpaired) electrons. The molecule has 2 aromatic carbocycles. The maximum absolute atomic E-state index is 15.1. The Morgan fingerprint density at radius 2 is 1.68 bits per heavy atom. The second kappa shape index (κ2) is 11.1. The van der Waals surface area contributed by atoms with Gasteiger partial charge in [0.2, 0.25) is 5.43 Å². The summed E-state index contributed by atoms with van der Waals surface area (Å²) in [5.74, 6) is 0.0659. The average Bonchev–Trinajstić information content (AvgIpc) is 2.94. The number of carbonyl (C=O) groups excluding carboxylic acids is 1. The number of fused-ring (bicyclic) bond motifs is 1. The van der Waals surface area contributed by atoms with Crippen LogP contribution in [0.3, 0.4) is 0 Å². The molecule has 0 aliphatic carbocycles. The lowest BCUT2D eigenvalue weighted by Gasteiger charge is -2.14. The topological polar surface area (TPSA) is 115 Å². The molecule has 9 nitrogen and oxygen atoms in total. The first-order chi connectivity index (χ1) is 19.7. The van der Waals surface area contributed by atoms with Gasteiger partial charge in [-0.3, -0.25) is 14.6 Å². The summed E-state index contributed by atoms with van der Waals surface area (Å²) in [4.78, 5) is 38.5. The third kappa shape index (κ3) is 5.31. The molecule has 1 amide bonds. The predicted molar refractivity (Wildman–Crippen MR) is 154 cm³/mol. The zero-order chi connectivity index (χ0) is 29.3. The zero-order valence-electron chi connectivity index (χ0n) is 23.1. The van der Waals surface area contributed by atoms with Crippen LogP contribution in [0.4, 0.5) is 10.1 Å². The molecule has 0 unspecified atom stereocenters. The molecule has 3 heterocycles. The van der Waals surface area contributed by atoms with E-state index in [0.29, 0.717) is 50.8 Å². The number of benzene rings is 2. The van der Waals surface area contributed by atoms with Crippen LogP contribution in [0.15, 0.2) is 65.7 Å². The molecule has 0 aliphatic rings. The first-order valence-corrected chi connectivity index (χ1v) is 12.7. The molecule has 0 spiro atoms. The average molecular weight is 555 g/mol. The number of aryl methyl sites for hydroxylation is 3. The van der Waals surface area contributed by atoms with E-state index in [-0.39, 0.29) is 17.0 Å². The Balaban J connectivity index is 1.42. The fourth-order valence-corrected chi connectivity index (χ4v) is 4.68. The number of H-pyrrole nitrogens is 1. The number of pyridine rings is 3. The van der Waals surface area contributed by atoms with Crippen molar-refractivity contribution >= 4 is 22.6 Å². The standard InChI is InChI=1S/C31H27FN4O5/c1-16-12-19(6-8-24(16)40-5)27-17(2)35-18(3)28(30(27)37)31(38)36-20-7-9-25(22(32)13-20)41-26-10-11-33-23-14-21(39-4)15-34-29(23)26/h6-15H,1-5H3,(H,35,37)(H,36,38). The highest BCUT2D eigenvalue weighted by atomic mass is 19.1. The molecule has 5 aromatic rings. The van der Waals surface area contributed by atoms with E-state index < -0.39 is 17.2 Å². The van der Waals surface area contributed by atoms with E-state index in [1.54, 1.807) is 45.2 Å². The van der Waals surface area contributed by atoms with E-state index in [9.17, 15) is 9.59 Å². The van der Waals surface area contributed by atoms with Gasteiger partial charge in [0, 0.05) is 47.0 Å². The predicted octanol–water partition coefficient (Wildman–Crippen LogP) is 6.11. The number of ether oxygens (including phenoxy) is 3. The van der Waals surface area contributed by atoms with Crippen molar-refractivity contribution in [2.75, 3.05) is 19.5 Å². The number of anilines is 1. The summed E-state index contributed by atoms with van der Waals surface area (Å²) in [6.45, 7) is 5.30. The lowest BCUT2D eigenvalue weighted by molar-refractivity contribution is 0.102. The lowest BCUT2D eigenvalue weighted by atomic mass is 9.98. The number of aromatic amines is 1. The van der Waals surface area contributed by atoms with Gasteiger partial charge in [0.1, 0.15) is 22.6 Å². The minimum absolute atomic E-state index is 0.0652. The first kappa shape index (κ1) is 27.3. The van der Waals surface area contributed by atoms with Crippen molar-refractivity contribution in [3.8, 4) is 34.1 Å². The van der Waals surface area contributed by atoms with E-state index in [2.05, 4.69) is 20.3 Å². The summed E-state index contributed by atoms with van der Waals surface area (Å²) in [6.07, 6.45) is 3.04. The fourth-order valence-electron chi connectivity index (χ4n) is 4.68. The quantitative estimate of drug-likeness (QED) is 0.249. The van der Waals surface area contributed by atoms with Gasteiger partial charge in [-0.05, 0) is 56.2 Å². The molecule has 0 saturated carbocycles. The molecule has 0 saturated heterocycles. The van der Waals surface area contributed by atoms with Gasteiger partial charge < -0.3 is 24.5 Å². The van der Waals surface area contributed by atoms with Crippen molar-refractivity contribution in [3.63, 3.8) is 0 Å². The van der Waals surface area contributed by atoms with Crippen molar-refractivity contribution in [1.29, 1.82) is 0 Å². The van der Waals surface area contributed by atoms with Crippen molar-refractivity contribution < 1.29 is 23.4 Å².